The number of carbonyl (C=O) groups is 3. The van der Waals surface area contributed by atoms with E-state index in [-0.39, 0.29) is 24.3 Å². The Bertz CT molecular complexity index is 1200. The van der Waals surface area contributed by atoms with E-state index < -0.39 is 6.17 Å². The lowest BCUT2D eigenvalue weighted by molar-refractivity contribution is -0.122. The smallest absolute Gasteiger partial charge is 0.260 e. The molecule has 2 aromatic carbocycles. The van der Waals surface area contributed by atoms with Crippen LogP contribution in [0, 0.1) is 0 Å². The summed E-state index contributed by atoms with van der Waals surface area (Å²) in [6.07, 6.45) is 2.60. The Labute approximate surface area is 184 Å². The topological polar surface area (TPSA) is 108 Å². The molecule has 160 valence electrons. The Balaban J connectivity index is 1.34. The molecule has 2 aliphatic rings. The normalized spacial score (nSPS) is 16.3. The first-order chi connectivity index (χ1) is 15.6. The third kappa shape index (κ3) is 3.33. The molecule has 1 atom stereocenters. The molecule has 32 heavy (non-hydrogen) atoms. The maximum absolute atomic E-state index is 13.3. The molecule has 3 heterocycles. The molecule has 9 nitrogen and oxygen atoms in total. The van der Waals surface area contributed by atoms with E-state index in [0.717, 1.165) is 5.56 Å². The Hall–Kier alpha value is -4.27. The number of para-hydroxylation sites is 1. The number of anilines is 2. The van der Waals surface area contributed by atoms with E-state index in [0.29, 0.717) is 35.9 Å². The van der Waals surface area contributed by atoms with Crippen molar-refractivity contribution < 1.29 is 14.4 Å². The van der Waals surface area contributed by atoms with Gasteiger partial charge in [0.05, 0.1) is 11.3 Å². The molecule has 1 aromatic heterocycles. The van der Waals surface area contributed by atoms with Crippen LogP contribution >= 0.6 is 0 Å². The average Bonchev–Trinajstić information content (AvgIpc) is 3.13. The van der Waals surface area contributed by atoms with Gasteiger partial charge >= 0.3 is 0 Å². The molecule has 0 aliphatic carbocycles. The molecule has 0 radical (unpaired) electrons. The predicted molar refractivity (Wildman–Crippen MR) is 117 cm³/mol. The van der Waals surface area contributed by atoms with Crippen molar-refractivity contribution in [1.82, 2.24) is 20.2 Å². The van der Waals surface area contributed by atoms with Gasteiger partial charge < -0.3 is 15.5 Å². The van der Waals surface area contributed by atoms with Gasteiger partial charge in [-0.1, -0.05) is 30.3 Å². The molecule has 9 heteroatoms. The van der Waals surface area contributed by atoms with Gasteiger partial charge in [-0.3, -0.25) is 19.3 Å². The van der Waals surface area contributed by atoms with Crippen LogP contribution in [0.15, 0.2) is 67.0 Å². The lowest BCUT2D eigenvalue weighted by atomic mass is 10.0. The van der Waals surface area contributed by atoms with E-state index in [9.17, 15) is 14.4 Å². The van der Waals surface area contributed by atoms with E-state index in [1.807, 2.05) is 12.1 Å². The number of rotatable bonds is 6. The molecule has 0 saturated carbocycles. The third-order valence-electron chi connectivity index (χ3n) is 5.49. The molecule has 2 N–H and O–H groups in total. The van der Waals surface area contributed by atoms with Gasteiger partial charge in [0.1, 0.15) is 12.7 Å². The van der Waals surface area contributed by atoms with Crippen molar-refractivity contribution >= 4 is 29.4 Å². The summed E-state index contributed by atoms with van der Waals surface area (Å²) >= 11 is 0. The van der Waals surface area contributed by atoms with Crippen LogP contribution in [0.1, 0.15) is 32.4 Å². The molecule has 3 aromatic rings. The number of fused-ring (bicyclic) bond motifs is 5. The molecule has 0 fully saturated rings. The van der Waals surface area contributed by atoms with Gasteiger partial charge in [-0.15, -0.1) is 0 Å². The first-order valence-electron chi connectivity index (χ1n) is 10.3. The molecule has 0 spiro atoms. The molecule has 0 bridgehead atoms. The Morgan fingerprint density at radius 3 is 2.41 bits per heavy atom. The summed E-state index contributed by atoms with van der Waals surface area (Å²) in [6, 6.07) is 15.9. The van der Waals surface area contributed by atoms with Crippen LogP contribution < -0.4 is 15.5 Å². The van der Waals surface area contributed by atoms with Gasteiger partial charge in [0.15, 0.2) is 0 Å². The summed E-state index contributed by atoms with van der Waals surface area (Å²) in [7, 11) is 0. The van der Waals surface area contributed by atoms with Gasteiger partial charge in [0, 0.05) is 36.6 Å². The van der Waals surface area contributed by atoms with Crippen LogP contribution in [0.3, 0.4) is 0 Å². The highest BCUT2D eigenvalue weighted by Gasteiger charge is 2.47. The van der Waals surface area contributed by atoms with Crippen molar-refractivity contribution in [2.75, 3.05) is 29.9 Å². The van der Waals surface area contributed by atoms with E-state index in [1.54, 1.807) is 59.8 Å². The molecule has 3 amide bonds. The average molecular weight is 428 g/mol. The minimum absolute atomic E-state index is 0.169. The number of aromatic nitrogens is 2. The molecule has 2 aliphatic heterocycles. The number of nitrogens with zero attached hydrogens (tertiary/aromatic N) is 4. The maximum atomic E-state index is 13.3. The van der Waals surface area contributed by atoms with Gasteiger partial charge in [0.25, 0.3) is 11.8 Å². The molecule has 0 unspecified atom stereocenters. The van der Waals surface area contributed by atoms with Crippen molar-refractivity contribution in [3.05, 3.63) is 83.7 Å². The van der Waals surface area contributed by atoms with E-state index in [2.05, 4.69) is 20.6 Å². The van der Waals surface area contributed by atoms with Crippen LogP contribution in [0.25, 0.3) is 0 Å². The minimum Gasteiger partial charge on any atom is -0.353 e. The van der Waals surface area contributed by atoms with Gasteiger partial charge in [0.2, 0.25) is 11.9 Å². The summed E-state index contributed by atoms with van der Waals surface area (Å²) in [6.45, 7) is 0.598. The number of hydrogen-bond acceptors (Lipinski definition) is 6. The van der Waals surface area contributed by atoms with E-state index >= 15 is 0 Å². The number of carbonyl (C=O) groups excluding carboxylic acids is 3. The largest absolute Gasteiger partial charge is 0.353 e. The van der Waals surface area contributed by atoms with Crippen molar-refractivity contribution in [2.24, 2.45) is 0 Å². The molecular weight excluding hydrogens is 408 g/mol. The zero-order valence-electron chi connectivity index (χ0n) is 17.1. The first-order valence-corrected chi connectivity index (χ1v) is 10.3. The van der Waals surface area contributed by atoms with E-state index in [4.69, 9.17) is 0 Å². The summed E-state index contributed by atoms with van der Waals surface area (Å²) in [4.78, 5) is 50.3. The highest BCUT2D eigenvalue weighted by molar-refractivity contribution is 6.17. The number of benzene rings is 2. The molecule has 0 saturated heterocycles. The second-order valence-electron chi connectivity index (χ2n) is 7.44. The highest BCUT2D eigenvalue weighted by Crippen LogP contribution is 2.44. The molecule has 5 rings (SSSR count). The summed E-state index contributed by atoms with van der Waals surface area (Å²) < 4.78 is 0. The zero-order chi connectivity index (χ0) is 22.1. The van der Waals surface area contributed by atoms with Gasteiger partial charge in [-0.05, 0) is 24.3 Å². The lowest BCUT2D eigenvalue weighted by Gasteiger charge is -2.40. The van der Waals surface area contributed by atoms with Crippen LogP contribution in [0.4, 0.5) is 11.6 Å². The van der Waals surface area contributed by atoms with Crippen LogP contribution in [-0.4, -0.2) is 52.2 Å². The van der Waals surface area contributed by atoms with Crippen LogP contribution in [-0.2, 0) is 4.79 Å². The van der Waals surface area contributed by atoms with Gasteiger partial charge in [-0.25, -0.2) is 9.97 Å². The van der Waals surface area contributed by atoms with E-state index in [1.165, 1.54) is 4.90 Å². The summed E-state index contributed by atoms with van der Waals surface area (Å²) in [5.41, 5.74) is 2.23. The second-order valence-corrected chi connectivity index (χ2v) is 7.44. The Kier molecular flexibility index (Phi) is 4.98. The maximum Gasteiger partial charge on any atom is 0.260 e. The predicted octanol–water partition coefficient (Wildman–Crippen LogP) is 1.82. The van der Waals surface area contributed by atoms with Crippen LogP contribution in [0.5, 0.6) is 0 Å². The second kappa shape index (κ2) is 8.10. The number of amides is 3. The van der Waals surface area contributed by atoms with Crippen molar-refractivity contribution in [3.8, 4) is 0 Å². The van der Waals surface area contributed by atoms with Gasteiger partial charge in [-0.2, -0.15) is 0 Å². The first kappa shape index (κ1) is 19.7. The Morgan fingerprint density at radius 2 is 1.59 bits per heavy atom. The fourth-order valence-electron chi connectivity index (χ4n) is 4.11. The summed E-state index contributed by atoms with van der Waals surface area (Å²) in [5.74, 6) is -0.299. The highest BCUT2D eigenvalue weighted by atomic mass is 16.2. The summed E-state index contributed by atoms with van der Waals surface area (Å²) in [5, 5.41) is 5.82. The van der Waals surface area contributed by atoms with Crippen molar-refractivity contribution in [1.29, 1.82) is 0 Å². The fourth-order valence-corrected chi connectivity index (χ4v) is 4.11. The third-order valence-corrected chi connectivity index (χ3v) is 5.49. The quantitative estimate of drug-likeness (QED) is 0.580. The monoisotopic (exact) mass is 428 g/mol. The molecular formula is C23H20N6O3. The van der Waals surface area contributed by atoms with Crippen molar-refractivity contribution in [3.63, 3.8) is 0 Å². The van der Waals surface area contributed by atoms with Crippen LogP contribution in [0.2, 0.25) is 0 Å². The number of hydrogen-bond donors (Lipinski definition) is 2. The Morgan fingerprint density at radius 1 is 0.875 bits per heavy atom. The lowest BCUT2D eigenvalue weighted by Crippen LogP contribution is -2.51. The number of nitrogens with one attached hydrogen (secondary N) is 2. The minimum atomic E-state index is -0.650. The standard InChI is InChI=1S/C23H20N6O3/c30-19(24-12-13-27-23-25-10-5-11-26-23)14-28-20-15-6-1-2-7-16(15)22(32)29(20)18-9-4-3-8-17(18)21(28)31/h1-11,20H,12-14H2,(H,24,30)(H,25,26,27)/t20-/m1/s1. The fraction of sp³-hybridized carbons (Fsp3) is 0.174. The van der Waals surface area contributed by atoms with Crippen molar-refractivity contribution in [2.45, 2.75) is 6.17 Å². The zero-order valence-corrected chi connectivity index (χ0v) is 17.1. The SMILES string of the molecule is O=C(CN1C(=O)c2ccccc2N2C(=O)c3ccccc3[C@H]12)NCCNc1ncccn1.